The average Bonchev–Trinajstić information content (AvgIpc) is 3.20. The zero-order valence-electron chi connectivity index (χ0n) is 19.5. The Bertz CT molecular complexity index is 1360. The molecule has 34 heavy (non-hydrogen) atoms. The number of rotatable bonds is 9. The Hall–Kier alpha value is -3.51. The number of aromatic hydroxyl groups is 1. The molecule has 2 amide bonds. The van der Waals surface area contributed by atoms with Crippen LogP contribution in [0.5, 0.6) is 5.75 Å². The molecule has 2 aromatic heterocycles. The summed E-state index contributed by atoms with van der Waals surface area (Å²) in [5, 5.41) is 12.8. The van der Waals surface area contributed by atoms with Crippen LogP contribution in [0.2, 0.25) is 0 Å². The van der Waals surface area contributed by atoms with Gasteiger partial charge in [-0.05, 0) is 44.0 Å². The smallest absolute Gasteiger partial charge is 0.271 e. The minimum atomic E-state index is -3.75. The number of benzene rings is 1. The highest BCUT2D eigenvalue weighted by Crippen LogP contribution is 2.28. The van der Waals surface area contributed by atoms with E-state index in [0.29, 0.717) is 30.9 Å². The van der Waals surface area contributed by atoms with E-state index in [1.807, 2.05) is 6.92 Å². The fraction of sp³-hybridized carbons (Fsp3) is 0.364. The van der Waals surface area contributed by atoms with Crippen molar-refractivity contribution in [3.05, 3.63) is 47.2 Å². The van der Waals surface area contributed by atoms with Crippen molar-refractivity contribution in [1.29, 1.82) is 0 Å². The van der Waals surface area contributed by atoms with Crippen LogP contribution in [0, 0.1) is 13.8 Å². The molecule has 0 spiro atoms. The van der Waals surface area contributed by atoms with Crippen LogP contribution < -0.4 is 11.1 Å². The van der Waals surface area contributed by atoms with Gasteiger partial charge in [0.1, 0.15) is 12.1 Å². The molecule has 0 radical (unpaired) electrons. The third-order valence-electron chi connectivity index (χ3n) is 5.67. The Morgan fingerprint density at radius 2 is 1.88 bits per heavy atom. The molecule has 4 N–H and O–H groups in total. The number of hydrogen-bond acceptors (Lipinski definition) is 7. The number of aromatic nitrogens is 3. The van der Waals surface area contributed by atoms with Gasteiger partial charge >= 0.3 is 0 Å². The van der Waals surface area contributed by atoms with Crippen LogP contribution >= 0.6 is 0 Å². The zero-order chi connectivity index (χ0) is 25.2. The van der Waals surface area contributed by atoms with Gasteiger partial charge in [-0.25, -0.2) is 18.4 Å². The first kappa shape index (κ1) is 25.1. The summed E-state index contributed by atoms with van der Waals surface area (Å²) < 4.78 is 28.5. The number of amides is 2. The molecule has 0 aliphatic rings. The largest absolute Gasteiger partial charge is 0.506 e. The fourth-order valence-electron chi connectivity index (χ4n) is 3.80. The van der Waals surface area contributed by atoms with Crippen molar-refractivity contribution in [2.24, 2.45) is 5.73 Å². The highest BCUT2D eigenvalue weighted by atomic mass is 32.2. The van der Waals surface area contributed by atoms with E-state index in [0.717, 1.165) is 11.3 Å². The monoisotopic (exact) mass is 488 g/mol. The number of anilines is 1. The van der Waals surface area contributed by atoms with Crippen molar-refractivity contribution in [2.75, 3.05) is 18.4 Å². The summed E-state index contributed by atoms with van der Waals surface area (Å²) in [6, 6.07) is 3.80. The Kier molecular flexibility index (Phi) is 7.22. The molecular formula is C22H28N6O5S. The number of aryl methyl sites for hydroxylation is 2. The number of nitrogens with one attached hydrogen (secondary N) is 1. The maximum absolute atomic E-state index is 12.8. The van der Waals surface area contributed by atoms with Gasteiger partial charge in [-0.15, -0.1) is 0 Å². The van der Waals surface area contributed by atoms with E-state index in [2.05, 4.69) is 15.3 Å². The van der Waals surface area contributed by atoms with E-state index < -0.39 is 21.8 Å². The maximum Gasteiger partial charge on any atom is 0.271 e. The van der Waals surface area contributed by atoms with Gasteiger partial charge in [0.15, 0.2) is 11.3 Å². The molecule has 0 unspecified atom stereocenters. The number of fused-ring (bicyclic) bond motifs is 1. The number of sulfonamides is 1. The van der Waals surface area contributed by atoms with Crippen molar-refractivity contribution in [1.82, 2.24) is 18.7 Å². The number of carbonyl (C=O) groups excluding carboxylic acids is 2. The summed E-state index contributed by atoms with van der Waals surface area (Å²) in [5.41, 5.74) is 8.00. The molecule has 12 heteroatoms. The van der Waals surface area contributed by atoms with Gasteiger partial charge in [0.05, 0.1) is 10.6 Å². The highest BCUT2D eigenvalue weighted by Gasteiger charge is 2.23. The number of phenols is 1. The molecule has 0 atom stereocenters. The molecule has 0 aliphatic carbocycles. The van der Waals surface area contributed by atoms with E-state index in [9.17, 15) is 23.1 Å². The zero-order valence-corrected chi connectivity index (χ0v) is 20.3. The SMILES string of the molecule is CCN(CC)S(=O)(=O)c1ccc(O)c(NC(=O)CCc2c(C)nc3c(C(N)=O)ncn3c2C)c1. The third kappa shape index (κ3) is 4.73. The Morgan fingerprint density at radius 3 is 2.50 bits per heavy atom. The van der Waals surface area contributed by atoms with Crippen molar-refractivity contribution >= 4 is 33.2 Å². The molecule has 3 aromatic rings. The average molecular weight is 489 g/mol. The molecule has 2 heterocycles. The minimum Gasteiger partial charge on any atom is -0.506 e. The molecule has 3 rings (SSSR count). The lowest BCUT2D eigenvalue weighted by Gasteiger charge is -2.19. The van der Waals surface area contributed by atoms with Crippen molar-refractivity contribution in [3.63, 3.8) is 0 Å². The standard InChI is InChI=1S/C22H28N6O5S/c1-5-27(6-2)34(32,33)15-7-9-18(29)17(11-15)26-19(30)10-8-16-13(3)25-22-20(21(23)31)24-12-28(22)14(16)4/h7,9,11-12,29H,5-6,8,10H2,1-4H3,(H2,23,31)(H,26,30). The van der Waals surface area contributed by atoms with Gasteiger partial charge in [0, 0.05) is 30.9 Å². The predicted octanol–water partition coefficient (Wildman–Crippen LogP) is 1.75. The molecule has 0 aliphatic heterocycles. The van der Waals surface area contributed by atoms with Gasteiger partial charge in [0.2, 0.25) is 15.9 Å². The normalized spacial score (nSPS) is 11.8. The van der Waals surface area contributed by atoms with E-state index in [4.69, 9.17) is 5.73 Å². The van der Waals surface area contributed by atoms with Crippen LogP contribution in [-0.4, -0.2) is 57.1 Å². The number of primary amides is 1. The molecule has 0 fully saturated rings. The summed E-state index contributed by atoms with van der Waals surface area (Å²) in [7, 11) is -3.75. The second-order valence-corrected chi connectivity index (χ2v) is 9.67. The van der Waals surface area contributed by atoms with Crippen molar-refractivity contribution < 1.29 is 23.1 Å². The molecule has 182 valence electrons. The van der Waals surface area contributed by atoms with Crippen LogP contribution in [0.1, 0.15) is 47.7 Å². The number of carbonyl (C=O) groups is 2. The molecular weight excluding hydrogens is 460 g/mol. The van der Waals surface area contributed by atoms with Crippen molar-refractivity contribution in [2.45, 2.75) is 45.4 Å². The van der Waals surface area contributed by atoms with Crippen LogP contribution in [0.25, 0.3) is 5.65 Å². The second-order valence-electron chi connectivity index (χ2n) is 7.73. The number of nitrogens with two attached hydrogens (primary N) is 1. The van der Waals surface area contributed by atoms with E-state index in [1.165, 1.54) is 28.8 Å². The number of nitrogens with zero attached hydrogens (tertiary/aromatic N) is 4. The Labute approximate surface area is 197 Å². The predicted molar refractivity (Wildman–Crippen MR) is 126 cm³/mol. The summed E-state index contributed by atoms with van der Waals surface area (Å²) >= 11 is 0. The molecule has 11 nitrogen and oxygen atoms in total. The third-order valence-corrected chi connectivity index (χ3v) is 7.72. The highest BCUT2D eigenvalue weighted by molar-refractivity contribution is 7.89. The van der Waals surface area contributed by atoms with Crippen LogP contribution in [0.4, 0.5) is 5.69 Å². The minimum absolute atomic E-state index is 0.0148. The van der Waals surface area contributed by atoms with Crippen molar-refractivity contribution in [3.8, 4) is 5.75 Å². The lowest BCUT2D eigenvalue weighted by Crippen LogP contribution is -2.30. The molecule has 1 aromatic carbocycles. The van der Waals surface area contributed by atoms with Gasteiger partial charge in [-0.3, -0.25) is 14.0 Å². The lowest BCUT2D eigenvalue weighted by atomic mass is 10.1. The van der Waals surface area contributed by atoms with E-state index in [-0.39, 0.29) is 28.4 Å². The van der Waals surface area contributed by atoms with Gasteiger partial charge in [-0.2, -0.15) is 4.31 Å². The quantitative estimate of drug-likeness (QED) is 0.387. The number of imidazole rings is 1. The van der Waals surface area contributed by atoms with Gasteiger partial charge in [0.25, 0.3) is 5.91 Å². The second kappa shape index (κ2) is 9.77. The first-order valence-electron chi connectivity index (χ1n) is 10.8. The Morgan fingerprint density at radius 1 is 1.21 bits per heavy atom. The summed E-state index contributed by atoms with van der Waals surface area (Å²) in [5.74, 6) is -1.32. The number of hydrogen-bond donors (Lipinski definition) is 3. The number of phenolic OH excluding ortho intramolecular Hbond substituents is 1. The first-order valence-corrected chi connectivity index (χ1v) is 12.2. The van der Waals surface area contributed by atoms with E-state index >= 15 is 0 Å². The van der Waals surface area contributed by atoms with Gasteiger partial charge < -0.3 is 16.2 Å². The topological polar surface area (TPSA) is 160 Å². The molecule has 0 saturated heterocycles. The first-order chi connectivity index (χ1) is 16.0. The fourth-order valence-corrected chi connectivity index (χ4v) is 5.29. The molecule has 0 saturated carbocycles. The molecule has 0 bridgehead atoms. The summed E-state index contributed by atoms with van der Waals surface area (Å²) in [6.45, 7) is 7.67. The Balaban J connectivity index is 1.80. The summed E-state index contributed by atoms with van der Waals surface area (Å²) in [6.07, 6.45) is 1.84. The van der Waals surface area contributed by atoms with Crippen LogP contribution in [0.3, 0.4) is 0 Å². The van der Waals surface area contributed by atoms with E-state index in [1.54, 1.807) is 25.2 Å². The van der Waals surface area contributed by atoms with Crippen LogP contribution in [0.15, 0.2) is 29.4 Å². The maximum atomic E-state index is 12.8. The van der Waals surface area contributed by atoms with Gasteiger partial charge in [-0.1, -0.05) is 13.8 Å². The van der Waals surface area contributed by atoms with Crippen LogP contribution in [-0.2, 0) is 21.2 Å². The summed E-state index contributed by atoms with van der Waals surface area (Å²) in [4.78, 5) is 32.6. The lowest BCUT2D eigenvalue weighted by molar-refractivity contribution is -0.116.